The molecule has 0 saturated heterocycles. The minimum atomic E-state index is 0.0843. The van der Waals surface area contributed by atoms with E-state index >= 15 is 0 Å². The van der Waals surface area contributed by atoms with Gasteiger partial charge in [0.2, 0.25) is 0 Å². The number of aryl methyl sites for hydroxylation is 1. The van der Waals surface area contributed by atoms with Crippen molar-refractivity contribution < 1.29 is 9.84 Å². The zero-order valence-electron chi connectivity index (χ0n) is 10.5. The molecule has 0 aliphatic rings. The Bertz CT molecular complexity index is 321. The molecule has 92 valence electrons. The molecule has 0 fully saturated rings. The third kappa shape index (κ3) is 2.83. The maximum atomic E-state index is 9.36. The third-order valence-electron chi connectivity index (χ3n) is 2.73. The summed E-state index contributed by atoms with van der Waals surface area (Å²) >= 11 is 0. The highest BCUT2D eigenvalue weighted by atomic mass is 16.5. The van der Waals surface area contributed by atoms with Gasteiger partial charge < -0.3 is 9.84 Å². The fourth-order valence-electron chi connectivity index (χ4n) is 1.93. The number of hydrogen-bond acceptors (Lipinski definition) is 3. The molecule has 1 aromatic heterocycles. The van der Waals surface area contributed by atoms with E-state index in [0.717, 1.165) is 42.9 Å². The molecule has 1 rings (SSSR count). The number of aliphatic hydroxyl groups excluding tert-OH is 1. The molecule has 0 bridgehead atoms. The normalized spacial score (nSPS) is 11.0. The molecular formula is C12H22N2O2. The Morgan fingerprint density at radius 2 is 2.00 bits per heavy atom. The molecule has 0 amide bonds. The van der Waals surface area contributed by atoms with Crippen molar-refractivity contribution in [1.29, 1.82) is 0 Å². The van der Waals surface area contributed by atoms with Crippen molar-refractivity contribution in [2.45, 2.75) is 46.8 Å². The molecule has 0 atom stereocenters. The first-order valence-electron chi connectivity index (χ1n) is 6.04. The van der Waals surface area contributed by atoms with Crippen LogP contribution in [-0.4, -0.2) is 28.1 Å². The van der Waals surface area contributed by atoms with Crippen LogP contribution in [-0.2, 0) is 30.7 Å². The number of nitrogens with zero attached hydrogens (tertiary/aromatic N) is 2. The van der Waals surface area contributed by atoms with E-state index < -0.39 is 0 Å². The van der Waals surface area contributed by atoms with Crippen LogP contribution in [0.2, 0.25) is 0 Å². The van der Waals surface area contributed by atoms with Crippen molar-refractivity contribution in [3.63, 3.8) is 0 Å². The highest BCUT2D eigenvalue weighted by molar-refractivity contribution is 5.25. The average molecular weight is 226 g/mol. The monoisotopic (exact) mass is 226 g/mol. The summed E-state index contributed by atoms with van der Waals surface area (Å²) in [5.74, 6) is 0. The standard InChI is InChI=1S/C12H22N2O2/c1-4-11-10(9-15)12(5-2)14(13-11)7-8-16-6-3/h15H,4-9H2,1-3H3. The number of hydrogen-bond donors (Lipinski definition) is 1. The summed E-state index contributed by atoms with van der Waals surface area (Å²) in [6, 6.07) is 0. The largest absolute Gasteiger partial charge is 0.392 e. The second-order valence-electron chi connectivity index (χ2n) is 3.66. The van der Waals surface area contributed by atoms with E-state index in [0.29, 0.717) is 6.61 Å². The van der Waals surface area contributed by atoms with E-state index in [1.807, 2.05) is 11.6 Å². The summed E-state index contributed by atoms with van der Waals surface area (Å²) in [4.78, 5) is 0. The van der Waals surface area contributed by atoms with E-state index in [1.54, 1.807) is 0 Å². The van der Waals surface area contributed by atoms with Crippen LogP contribution in [0.15, 0.2) is 0 Å². The molecule has 16 heavy (non-hydrogen) atoms. The molecular weight excluding hydrogens is 204 g/mol. The van der Waals surface area contributed by atoms with Crippen molar-refractivity contribution in [2.75, 3.05) is 13.2 Å². The van der Waals surface area contributed by atoms with Crippen LogP contribution in [0.3, 0.4) is 0 Å². The fraction of sp³-hybridized carbons (Fsp3) is 0.750. The minimum absolute atomic E-state index is 0.0843. The third-order valence-corrected chi connectivity index (χ3v) is 2.73. The molecule has 0 saturated carbocycles. The van der Waals surface area contributed by atoms with Gasteiger partial charge in [0.25, 0.3) is 0 Å². The molecule has 0 unspecified atom stereocenters. The molecule has 1 heterocycles. The zero-order valence-corrected chi connectivity index (χ0v) is 10.5. The minimum Gasteiger partial charge on any atom is -0.392 e. The van der Waals surface area contributed by atoms with Gasteiger partial charge in [-0.3, -0.25) is 4.68 Å². The van der Waals surface area contributed by atoms with Crippen LogP contribution in [0, 0.1) is 0 Å². The Labute approximate surface area is 97.2 Å². The van der Waals surface area contributed by atoms with Gasteiger partial charge in [0, 0.05) is 17.9 Å². The number of ether oxygens (including phenoxy) is 1. The molecule has 0 radical (unpaired) electrons. The quantitative estimate of drug-likeness (QED) is 0.717. The van der Waals surface area contributed by atoms with Crippen molar-refractivity contribution >= 4 is 0 Å². The average Bonchev–Trinajstić information content (AvgIpc) is 2.66. The van der Waals surface area contributed by atoms with E-state index in [4.69, 9.17) is 4.74 Å². The lowest BCUT2D eigenvalue weighted by atomic mass is 10.1. The Morgan fingerprint density at radius 1 is 1.25 bits per heavy atom. The van der Waals surface area contributed by atoms with E-state index in [9.17, 15) is 5.11 Å². The summed E-state index contributed by atoms with van der Waals surface area (Å²) in [5.41, 5.74) is 3.15. The van der Waals surface area contributed by atoms with Gasteiger partial charge in [0.1, 0.15) is 0 Å². The Hall–Kier alpha value is -0.870. The van der Waals surface area contributed by atoms with E-state index in [2.05, 4.69) is 18.9 Å². The summed E-state index contributed by atoms with van der Waals surface area (Å²) in [7, 11) is 0. The topological polar surface area (TPSA) is 47.3 Å². The second kappa shape index (κ2) is 6.66. The van der Waals surface area contributed by atoms with Gasteiger partial charge in [-0.2, -0.15) is 5.10 Å². The molecule has 0 spiro atoms. The molecule has 1 N–H and O–H groups in total. The van der Waals surface area contributed by atoms with Gasteiger partial charge in [0.05, 0.1) is 25.5 Å². The predicted molar refractivity (Wildman–Crippen MR) is 63.4 cm³/mol. The molecule has 4 nitrogen and oxygen atoms in total. The maximum absolute atomic E-state index is 9.36. The first-order valence-corrected chi connectivity index (χ1v) is 6.04. The van der Waals surface area contributed by atoms with E-state index in [-0.39, 0.29) is 6.61 Å². The second-order valence-corrected chi connectivity index (χ2v) is 3.66. The maximum Gasteiger partial charge on any atom is 0.0718 e. The highest BCUT2D eigenvalue weighted by Crippen LogP contribution is 2.16. The number of aromatic nitrogens is 2. The van der Waals surface area contributed by atoms with Crippen LogP contribution < -0.4 is 0 Å². The predicted octanol–water partition coefficient (Wildman–Crippen LogP) is 1.54. The van der Waals surface area contributed by atoms with Crippen LogP contribution >= 0.6 is 0 Å². The van der Waals surface area contributed by atoms with Gasteiger partial charge in [-0.15, -0.1) is 0 Å². The molecule has 0 aliphatic heterocycles. The lowest BCUT2D eigenvalue weighted by molar-refractivity contribution is 0.135. The first-order chi connectivity index (χ1) is 7.78. The molecule has 0 aromatic carbocycles. The Balaban J connectivity index is 2.85. The van der Waals surface area contributed by atoms with Crippen molar-refractivity contribution in [3.8, 4) is 0 Å². The smallest absolute Gasteiger partial charge is 0.0718 e. The summed E-state index contributed by atoms with van der Waals surface area (Å²) < 4.78 is 7.30. The first kappa shape index (κ1) is 13.2. The highest BCUT2D eigenvalue weighted by Gasteiger charge is 2.13. The number of aliphatic hydroxyl groups is 1. The molecule has 4 heteroatoms. The van der Waals surface area contributed by atoms with Crippen LogP contribution in [0.4, 0.5) is 0 Å². The van der Waals surface area contributed by atoms with Gasteiger partial charge >= 0.3 is 0 Å². The van der Waals surface area contributed by atoms with Crippen molar-refractivity contribution in [2.24, 2.45) is 0 Å². The van der Waals surface area contributed by atoms with Crippen molar-refractivity contribution in [1.82, 2.24) is 9.78 Å². The van der Waals surface area contributed by atoms with Crippen LogP contribution in [0.5, 0.6) is 0 Å². The van der Waals surface area contributed by atoms with E-state index in [1.165, 1.54) is 0 Å². The zero-order chi connectivity index (χ0) is 12.0. The van der Waals surface area contributed by atoms with Crippen LogP contribution in [0.25, 0.3) is 0 Å². The Morgan fingerprint density at radius 3 is 2.50 bits per heavy atom. The van der Waals surface area contributed by atoms with Crippen molar-refractivity contribution in [3.05, 3.63) is 17.0 Å². The SMILES string of the molecule is CCOCCn1nc(CC)c(CO)c1CC. The van der Waals surface area contributed by atoms with Gasteiger partial charge in [-0.05, 0) is 19.8 Å². The van der Waals surface area contributed by atoms with Crippen LogP contribution in [0.1, 0.15) is 37.7 Å². The fourth-order valence-corrected chi connectivity index (χ4v) is 1.93. The summed E-state index contributed by atoms with van der Waals surface area (Å²) in [6.07, 6.45) is 1.76. The summed E-state index contributed by atoms with van der Waals surface area (Å²) in [6.45, 7) is 8.40. The van der Waals surface area contributed by atoms with Gasteiger partial charge in [0.15, 0.2) is 0 Å². The Kier molecular flexibility index (Phi) is 5.49. The lowest BCUT2D eigenvalue weighted by Gasteiger charge is -2.06. The molecule has 1 aromatic rings. The van der Waals surface area contributed by atoms with Gasteiger partial charge in [-0.1, -0.05) is 13.8 Å². The number of rotatable bonds is 7. The lowest BCUT2D eigenvalue weighted by Crippen LogP contribution is -2.10. The molecule has 0 aliphatic carbocycles. The summed E-state index contributed by atoms with van der Waals surface area (Å²) in [5, 5.41) is 13.9. The van der Waals surface area contributed by atoms with Gasteiger partial charge in [-0.25, -0.2) is 0 Å².